The number of hydrogen-bond acceptors (Lipinski definition) is 19. The SMILES string of the molecule is COc1cc2oc(-c3ccc(O)cc3)cc(=O)c2c(O)c1[C@@H]1O[C@H](CO)[C@@H](O)[C@H](O)[C@H]1O[C@@H]1O[C@H](COC(=O)/C=C(C)\C=C\[C@]2(O)C3(C)COC2(C)C[C@@H](O)C3)[C@@H](O)[C@H](O)[C@H]1O. The van der Waals surface area contributed by atoms with Crippen molar-refractivity contribution in [3.8, 4) is 28.6 Å². The summed E-state index contributed by atoms with van der Waals surface area (Å²) in [6.07, 6.45) is -14.0. The molecule has 19 nitrogen and oxygen atoms in total. The largest absolute Gasteiger partial charge is 0.508 e. The topological polar surface area (TPSA) is 305 Å². The zero-order valence-corrected chi connectivity index (χ0v) is 34.2. The van der Waals surface area contributed by atoms with Crippen LogP contribution in [-0.2, 0) is 28.5 Å². The zero-order valence-electron chi connectivity index (χ0n) is 34.2. The first kappa shape index (κ1) is 45.5. The number of phenolic OH excluding ortho intramolecular Hbond substituents is 2. The molecule has 3 aromatic rings. The van der Waals surface area contributed by atoms with Gasteiger partial charge in [0.15, 0.2) is 11.7 Å². The highest BCUT2D eigenvalue weighted by molar-refractivity contribution is 5.88. The number of methoxy groups -OCH3 is 1. The standard InChI is InChI=1S/C43H52O19/c1-19(9-10-43(55)41(2)14-22(46)15-42(43,3)58-18-41)11-29(48)57-17-28-33(50)35(52)37(54)40(61-28)62-39-36(53)32(49)27(16-44)60-38(39)31-25(56-4)13-26-30(34(31)51)23(47)12-24(59-26)20-5-7-21(45)8-6-20/h5-13,22,27-28,32-33,35-40,44-46,49-55H,14-18H2,1-4H3/b10-9+,19-11-/t22-,27+,28+,32+,33+,35-,36-,37+,38-,39+,40-,41?,42?,43-/m0/s1. The highest BCUT2D eigenvalue weighted by Gasteiger charge is 2.67. The Balaban J connectivity index is 1.12. The monoisotopic (exact) mass is 872 g/mol. The highest BCUT2D eigenvalue weighted by atomic mass is 16.7. The summed E-state index contributed by atoms with van der Waals surface area (Å²) in [4.78, 5) is 26.5. The van der Waals surface area contributed by atoms with E-state index in [9.17, 15) is 60.7 Å². The molecule has 7 rings (SSSR count). The number of aliphatic hydroxyl groups excluding tert-OH is 7. The van der Waals surface area contributed by atoms with Crippen molar-refractivity contribution in [2.75, 3.05) is 26.9 Å². The predicted octanol–water partition coefficient (Wildman–Crippen LogP) is -0.0467. The number of aliphatic hydroxyl groups is 8. The molecule has 4 heterocycles. The lowest BCUT2D eigenvalue weighted by Crippen LogP contribution is -2.63. The summed E-state index contributed by atoms with van der Waals surface area (Å²) < 4.78 is 40.4. The van der Waals surface area contributed by atoms with E-state index in [1.807, 2.05) is 6.92 Å². The molecule has 0 radical (unpaired) electrons. The van der Waals surface area contributed by atoms with Crippen LogP contribution in [0.1, 0.15) is 45.3 Å². The number of esters is 1. The Morgan fingerprint density at radius 3 is 2.27 bits per heavy atom. The number of fused-ring (bicyclic) bond motifs is 3. The van der Waals surface area contributed by atoms with Crippen molar-refractivity contribution in [1.29, 1.82) is 0 Å². The van der Waals surface area contributed by atoms with Gasteiger partial charge < -0.3 is 83.9 Å². The van der Waals surface area contributed by atoms with Crippen LogP contribution in [-0.4, -0.2) is 156 Å². The lowest BCUT2D eigenvalue weighted by atomic mass is 9.59. The van der Waals surface area contributed by atoms with Gasteiger partial charge in [0.25, 0.3) is 0 Å². The smallest absolute Gasteiger partial charge is 0.331 e. The Morgan fingerprint density at radius 1 is 0.919 bits per heavy atom. The first-order valence-corrected chi connectivity index (χ1v) is 20.0. The van der Waals surface area contributed by atoms with E-state index in [1.165, 1.54) is 49.6 Å². The first-order valence-electron chi connectivity index (χ1n) is 20.0. The Bertz CT molecular complexity index is 2240. The number of allylic oxidation sites excluding steroid dienone is 2. The number of phenols is 2. The van der Waals surface area contributed by atoms with Gasteiger partial charge in [0, 0.05) is 35.6 Å². The maximum Gasteiger partial charge on any atom is 0.331 e. The van der Waals surface area contributed by atoms with Gasteiger partial charge in [-0.15, -0.1) is 0 Å². The predicted molar refractivity (Wildman–Crippen MR) is 213 cm³/mol. The van der Waals surface area contributed by atoms with Gasteiger partial charge in [0.05, 0.1) is 32.0 Å². The molecular formula is C43H52O19. The second kappa shape index (κ2) is 17.2. The van der Waals surface area contributed by atoms with E-state index < -0.39 is 114 Å². The summed E-state index contributed by atoms with van der Waals surface area (Å²) in [6.45, 7) is 3.81. The molecule has 0 amide bonds. The minimum Gasteiger partial charge on any atom is -0.508 e. The van der Waals surface area contributed by atoms with Crippen molar-refractivity contribution in [1.82, 2.24) is 0 Å². The fourth-order valence-corrected chi connectivity index (χ4v) is 9.02. The summed E-state index contributed by atoms with van der Waals surface area (Å²) in [5.74, 6) is -1.76. The van der Waals surface area contributed by atoms with Gasteiger partial charge >= 0.3 is 5.97 Å². The third kappa shape index (κ3) is 8.01. The average Bonchev–Trinajstić information content (AvgIpc) is 3.31. The number of carbonyl (C=O) groups excluding carboxylic acids is 1. The fourth-order valence-electron chi connectivity index (χ4n) is 9.02. The van der Waals surface area contributed by atoms with Gasteiger partial charge in [-0.05, 0) is 56.2 Å². The van der Waals surface area contributed by atoms with Gasteiger partial charge in [-0.1, -0.05) is 13.0 Å². The van der Waals surface area contributed by atoms with Crippen LogP contribution in [0.25, 0.3) is 22.3 Å². The quantitative estimate of drug-likeness (QED) is 0.0686. The van der Waals surface area contributed by atoms with E-state index in [4.69, 9.17) is 32.8 Å². The lowest BCUT2D eigenvalue weighted by molar-refractivity contribution is -0.342. The molecule has 62 heavy (non-hydrogen) atoms. The van der Waals surface area contributed by atoms with Crippen molar-refractivity contribution in [2.45, 2.75) is 112 Å². The van der Waals surface area contributed by atoms with Crippen LogP contribution in [0.2, 0.25) is 0 Å². The van der Waals surface area contributed by atoms with Gasteiger partial charge in [-0.2, -0.15) is 0 Å². The van der Waals surface area contributed by atoms with Crippen LogP contribution in [0.15, 0.2) is 69.4 Å². The summed E-state index contributed by atoms with van der Waals surface area (Å²) in [5, 5.41) is 108. The van der Waals surface area contributed by atoms with Crippen molar-refractivity contribution in [3.05, 3.63) is 76.0 Å². The second-order valence-electron chi connectivity index (χ2n) is 16.9. The normalized spacial score (nSPS) is 37.5. The molecule has 2 unspecified atom stereocenters. The van der Waals surface area contributed by atoms with Crippen LogP contribution in [0.5, 0.6) is 17.2 Å². The summed E-state index contributed by atoms with van der Waals surface area (Å²) in [6, 6.07) is 8.14. The van der Waals surface area contributed by atoms with E-state index in [1.54, 1.807) is 13.8 Å². The van der Waals surface area contributed by atoms with Crippen molar-refractivity contribution in [2.24, 2.45) is 5.41 Å². The van der Waals surface area contributed by atoms with Crippen molar-refractivity contribution < 1.29 is 88.7 Å². The van der Waals surface area contributed by atoms with Crippen molar-refractivity contribution >= 4 is 16.9 Å². The van der Waals surface area contributed by atoms with E-state index in [0.717, 1.165) is 12.1 Å². The molecule has 4 aliphatic rings. The number of aromatic hydroxyl groups is 2. The summed E-state index contributed by atoms with van der Waals surface area (Å²) in [5.41, 5.74) is -3.68. The van der Waals surface area contributed by atoms with Gasteiger partial charge in [0.2, 0.25) is 0 Å². The molecule has 2 aromatic carbocycles. The molecule has 3 saturated heterocycles. The molecule has 338 valence electrons. The Kier molecular flexibility index (Phi) is 12.7. The maximum absolute atomic E-state index is 13.5. The van der Waals surface area contributed by atoms with Crippen LogP contribution in [0.3, 0.4) is 0 Å². The summed E-state index contributed by atoms with van der Waals surface area (Å²) >= 11 is 0. The molecule has 3 aliphatic heterocycles. The fraction of sp³-hybridized carbons (Fsp3) is 0.535. The van der Waals surface area contributed by atoms with Crippen LogP contribution < -0.4 is 10.2 Å². The third-order valence-electron chi connectivity index (χ3n) is 12.5. The Labute approximate surface area is 354 Å². The molecule has 2 bridgehead atoms. The molecule has 1 saturated carbocycles. The van der Waals surface area contributed by atoms with Crippen LogP contribution in [0.4, 0.5) is 0 Å². The molecule has 0 spiro atoms. The van der Waals surface area contributed by atoms with Crippen molar-refractivity contribution in [3.63, 3.8) is 0 Å². The van der Waals surface area contributed by atoms with Gasteiger partial charge in [-0.25, -0.2) is 4.79 Å². The molecule has 4 fully saturated rings. The summed E-state index contributed by atoms with van der Waals surface area (Å²) in [7, 11) is 1.22. The third-order valence-corrected chi connectivity index (χ3v) is 12.5. The second-order valence-corrected chi connectivity index (χ2v) is 16.9. The minimum absolute atomic E-state index is 0.0239. The molecular weight excluding hydrogens is 820 g/mol. The van der Waals surface area contributed by atoms with E-state index >= 15 is 0 Å². The van der Waals surface area contributed by atoms with Crippen LogP contribution in [0, 0.1) is 5.41 Å². The molecule has 1 aromatic heterocycles. The maximum atomic E-state index is 13.5. The minimum atomic E-state index is -2.02. The average molecular weight is 873 g/mol. The van der Waals surface area contributed by atoms with Gasteiger partial charge in [0.1, 0.15) is 107 Å². The Morgan fingerprint density at radius 2 is 1.61 bits per heavy atom. The number of ether oxygens (including phenoxy) is 6. The molecule has 14 atom stereocenters. The Hall–Kier alpha value is -4.48. The number of benzene rings is 2. The first-order chi connectivity index (χ1) is 29.2. The van der Waals surface area contributed by atoms with E-state index in [2.05, 4.69) is 0 Å². The molecule has 1 aliphatic carbocycles. The van der Waals surface area contributed by atoms with E-state index in [-0.39, 0.29) is 46.8 Å². The number of rotatable bonds is 11. The number of hydrogen-bond donors (Lipinski definition) is 10. The molecule has 19 heteroatoms. The zero-order chi connectivity index (χ0) is 45.1. The van der Waals surface area contributed by atoms with E-state index in [0.29, 0.717) is 17.6 Å². The molecule has 10 N–H and O–H groups in total. The van der Waals surface area contributed by atoms with Crippen LogP contribution >= 0.6 is 0 Å². The lowest BCUT2D eigenvalue weighted by Gasteiger charge is -2.49. The van der Waals surface area contributed by atoms with Gasteiger partial charge in [-0.3, -0.25) is 4.79 Å². The highest BCUT2D eigenvalue weighted by Crippen LogP contribution is 2.57. The number of carbonyl (C=O) groups is 1.